The molecule has 0 saturated carbocycles. The molecule has 0 radical (unpaired) electrons. The molecule has 0 aliphatic carbocycles. The zero-order valence-corrected chi connectivity index (χ0v) is 22.5. The van der Waals surface area contributed by atoms with Gasteiger partial charge in [0.15, 0.2) is 0 Å². The monoisotopic (exact) mass is 547 g/mol. The molecule has 10 heteroatoms. The summed E-state index contributed by atoms with van der Waals surface area (Å²) in [5.74, 6) is -1.14. The van der Waals surface area contributed by atoms with Crippen LogP contribution in [-0.2, 0) is 33.4 Å². The highest BCUT2D eigenvalue weighted by Gasteiger charge is 2.29. The molecule has 1 aliphatic rings. The lowest BCUT2D eigenvalue weighted by molar-refractivity contribution is 0.0711. The zero-order chi connectivity index (χ0) is 26.6. The molecular weight excluding hydrogens is 517 g/mol. The van der Waals surface area contributed by atoms with Crippen LogP contribution in [0, 0.1) is 11.7 Å². The fourth-order valence-electron chi connectivity index (χ4n) is 4.50. The van der Waals surface area contributed by atoms with E-state index in [-0.39, 0.29) is 41.7 Å². The summed E-state index contributed by atoms with van der Waals surface area (Å²) >= 11 is 6.12. The normalized spacial score (nSPS) is 15.9. The van der Waals surface area contributed by atoms with Crippen LogP contribution < -0.4 is 0 Å². The Hall–Kier alpha value is -2.75. The summed E-state index contributed by atoms with van der Waals surface area (Å²) in [7, 11) is -3.99. The number of nitrogens with zero attached hydrogens (tertiary/aromatic N) is 3. The zero-order valence-electron chi connectivity index (χ0n) is 20.9. The molecule has 1 amide bonds. The molecule has 0 bridgehead atoms. The number of imidazole rings is 1. The number of carbonyl (C=O) groups is 1. The SMILES string of the molecule is CC(C)CN(Cc1cnc(S(=O)(=O)Cc2ccccc2F)n1C[C@H]1CCCO1)C(=O)c1cccc(Cl)c1. The summed E-state index contributed by atoms with van der Waals surface area (Å²) in [5.41, 5.74) is 1.10. The predicted molar refractivity (Wildman–Crippen MR) is 140 cm³/mol. The molecule has 1 aliphatic heterocycles. The Morgan fingerprint density at radius 2 is 2.03 bits per heavy atom. The molecule has 1 saturated heterocycles. The third kappa shape index (κ3) is 6.77. The van der Waals surface area contributed by atoms with Gasteiger partial charge in [0.05, 0.1) is 36.8 Å². The highest BCUT2D eigenvalue weighted by molar-refractivity contribution is 7.90. The number of amides is 1. The standard InChI is InChI=1S/C27H31ClFN3O4S/c1-19(2)15-31(26(33)20-8-5-9-22(28)13-20)16-23-14-30-27(32(23)17-24-10-6-12-36-24)37(34,35)18-21-7-3-4-11-25(21)29/h3-5,7-9,11,13-14,19,24H,6,10,12,15-18H2,1-2H3/t24-/m1/s1. The van der Waals surface area contributed by atoms with Crippen LogP contribution >= 0.6 is 11.6 Å². The van der Waals surface area contributed by atoms with Gasteiger partial charge in [-0.1, -0.05) is 49.7 Å². The molecule has 1 fully saturated rings. The molecule has 2 aromatic carbocycles. The van der Waals surface area contributed by atoms with Gasteiger partial charge in [-0.15, -0.1) is 0 Å². The molecule has 1 aromatic heterocycles. The first-order chi connectivity index (χ1) is 17.6. The van der Waals surface area contributed by atoms with E-state index in [0.717, 1.165) is 12.8 Å². The average Bonchev–Trinajstić information content (AvgIpc) is 3.50. The molecule has 0 spiro atoms. The number of carbonyl (C=O) groups excluding carboxylic acids is 1. The Bertz CT molecular complexity index is 1350. The van der Waals surface area contributed by atoms with Gasteiger partial charge in [-0.2, -0.15) is 0 Å². The Balaban J connectivity index is 1.69. The first kappa shape index (κ1) is 27.3. The lowest BCUT2D eigenvalue weighted by Gasteiger charge is -2.26. The van der Waals surface area contributed by atoms with Gasteiger partial charge in [0.1, 0.15) is 5.82 Å². The van der Waals surface area contributed by atoms with Crippen LogP contribution in [0.25, 0.3) is 0 Å². The largest absolute Gasteiger partial charge is 0.376 e. The van der Waals surface area contributed by atoms with Crippen LogP contribution in [0.15, 0.2) is 59.9 Å². The number of hydrogen-bond donors (Lipinski definition) is 0. The summed E-state index contributed by atoms with van der Waals surface area (Å²) in [6.45, 7) is 5.51. The molecule has 2 heterocycles. The summed E-state index contributed by atoms with van der Waals surface area (Å²) in [4.78, 5) is 19.4. The quantitative estimate of drug-likeness (QED) is 0.351. The smallest absolute Gasteiger partial charge is 0.254 e. The van der Waals surface area contributed by atoms with E-state index in [4.69, 9.17) is 16.3 Å². The van der Waals surface area contributed by atoms with Crippen molar-refractivity contribution in [2.45, 2.75) is 56.8 Å². The molecule has 1 atom stereocenters. The first-order valence-electron chi connectivity index (χ1n) is 12.3. The van der Waals surface area contributed by atoms with E-state index in [9.17, 15) is 17.6 Å². The third-order valence-electron chi connectivity index (χ3n) is 6.19. The van der Waals surface area contributed by atoms with Crippen LogP contribution in [0.2, 0.25) is 5.02 Å². The van der Waals surface area contributed by atoms with E-state index in [2.05, 4.69) is 4.98 Å². The molecule has 7 nitrogen and oxygen atoms in total. The Labute approximate surface area is 222 Å². The average molecular weight is 548 g/mol. The lowest BCUT2D eigenvalue weighted by Crippen LogP contribution is -2.35. The maximum atomic E-state index is 14.3. The van der Waals surface area contributed by atoms with E-state index >= 15 is 0 Å². The van der Waals surface area contributed by atoms with Crippen molar-refractivity contribution in [3.63, 3.8) is 0 Å². The van der Waals surface area contributed by atoms with E-state index in [1.807, 2.05) is 13.8 Å². The maximum absolute atomic E-state index is 14.3. The lowest BCUT2D eigenvalue weighted by atomic mass is 10.1. The molecule has 0 unspecified atom stereocenters. The summed E-state index contributed by atoms with van der Waals surface area (Å²) in [6.07, 6.45) is 3.00. The van der Waals surface area contributed by atoms with E-state index in [0.29, 0.717) is 29.4 Å². The van der Waals surface area contributed by atoms with Crippen LogP contribution in [0.5, 0.6) is 0 Å². The van der Waals surface area contributed by atoms with Crippen LogP contribution in [-0.4, -0.2) is 48.0 Å². The van der Waals surface area contributed by atoms with Gasteiger partial charge in [0, 0.05) is 29.3 Å². The van der Waals surface area contributed by atoms with Gasteiger partial charge >= 0.3 is 0 Å². The van der Waals surface area contributed by atoms with Crippen molar-refractivity contribution in [2.75, 3.05) is 13.2 Å². The predicted octanol–water partition coefficient (Wildman–Crippen LogP) is 5.13. The van der Waals surface area contributed by atoms with Crippen LogP contribution in [0.1, 0.15) is 48.3 Å². The summed E-state index contributed by atoms with van der Waals surface area (Å²) < 4.78 is 48.5. The van der Waals surface area contributed by atoms with Gasteiger partial charge in [0.25, 0.3) is 5.91 Å². The fraction of sp³-hybridized carbons (Fsp3) is 0.407. The second-order valence-electron chi connectivity index (χ2n) is 9.72. The van der Waals surface area contributed by atoms with Crippen LogP contribution in [0.4, 0.5) is 4.39 Å². The Kier molecular flexibility index (Phi) is 8.67. The molecule has 3 aromatic rings. The Morgan fingerprint density at radius 3 is 2.70 bits per heavy atom. The third-order valence-corrected chi connectivity index (χ3v) is 8.00. The van der Waals surface area contributed by atoms with Crippen molar-refractivity contribution >= 4 is 27.3 Å². The Morgan fingerprint density at radius 1 is 1.24 bits per heavy atom. The summed E-state index contributed by atoms with van der Waals surface area (Å²) in [5, 5.41) is 0.307. The first-order valence-corrected chi connectivity index (χ1v) is 14.3. The van der Waals surface area contributed by atoms with Crippen molar-refractivity contribution in [3.05, 3.63) is 82.4 Å². The van der Waals surface area contributed by atoms with E-state index in [1.165, 1.54) is 24.4 Å². The maximum Gasteiger partial charge on any atom is 0.254 e. The molecule has 37 heavy (non-hydrogen) atoms. The van der Waals surface area contributed by atoms with Crippen molar-refractivity contribution in [2.24, 2.45) is 5.92 Å². The van der Waals surface area contributed by atoms with E-state index < -0.39 is 21.4 Å². The number of ether oxygens (including phenoxy) is 1. The van der Waals surface area contributed by atoms with Gasteiger partial charge < -0.3 is 14.2 Å². The van der Waals surface area contributed by atoms with Crippen molar-refractivity contribution < 1.29 is 22.3 Å². The van der Waals surface area contributed by atoms with Gasteiger partial charge in [-0.25, -0.2) is 17.8 Å². The minimum atomic E-state index is -3.99. The molecular formula is C27H31ClFN3O4S. The number of hydrogen-bond acceptors (Lipinski definition) is 5. The molecule has 198 valence electrons. The topological polar surface area (TPSA) is 81.5 Å². The van der Waals surface area contributed by atoms with Gasteiger partial charge in [-0.05, 0) is 43.0 Å². The van der Waals surface area contributed by atoms with Gasteiger partial charge in [-0.3, -0.25) is 4.79 Å². The number of benzene rings is 2. The van der Waals surface area contributed by atoms with Crippen molar-refractivity contribution in [3.8, 4) is 0 Å². The second kappa shape index (κ2) is 11.8. The van der Waals surface area contributed by atoms with Crippen molar-refractivity contribution in [1.29, 1.82) is 0 Å². The second-order valence-corrected chi connectivity index (χ2v) is 12.0. The van der Waals surface area contributed by atoms with Crippen molar-refractivity contribution in [1.82, 2.24) is 14.5 Å². The van der Waals surface area contributed by atoms with Gasteiger partial charge in [0.2, 0.25) is 15.0 Å². The highest BCUT2D eigenvalue weighted by atomic mass is 35.5. The minimum absolute atomic E-state index is 0.0771. The summed E-state index contributed by atoms with van der Waals surface area (Å²) in [6, 6.07) is 12.6. The molecule has 0 N–H and O–H groups in total. The number of rotatable bonds is 10. The minimum Gasteiger partial charge on any atom is -0.376 e. The number of aromatic nitrogens is 2. The number of halogens is 2. The fourth-order valence-corrected chi connectivity index (χ4v) is 6.20. The van der Waals surface area contributed by atoms with E-state index in [1.54, 1.807) is 39.8 Å². The van der Waals surface area contributed by atoms with Crippen LogP contribution in [0.3, 0.4) is 0 Å². The highest BCUT2D eigenvalue weighted by Crippen LogP contribution is 2.24. The molecule has 4 rings (SSSR count). The number of sulfone groups is 1.